The zero-order valence-corrected chi connectivity index (χ0v) is 40.2. The third kappa shape index (κ3) is 28.5. The number of ether oxygens (including phenoxy) is 12. The van der Waals surface area contributed by atoms with Crippen LogP contribution in [-0.4, -0.2) is 305 Å². The first-order valence-electron chi connectivity index (χ1n) is 22.1. The zero-order valence-electron chi connectivity index (χ0n) is 40.2. The maximum Gasteiger partial charge on any atom is 0.242 e. The molecule has 24 heteroatoms. The summed E-state index contributed by atoms with van der Waals surface area (Å²) in [7, 11) is 9.12. The van der Waals surface area contributed by atoms with E-state index in [0.29, 0.717) is 39.6 Å². The molecular weight excluding hydrogens is 876 g/mol. The van der Waals surface area contributed by atoms with Gasteiger partial charge in [-0.05, 0) is 0 Å². The predicted octanol–water partition coefficient (Wildman–Crippen LogP) is -3.05. The van der Waals surface area contributed by atoms with Crippen molar-refractivity contribution >= 4 is 35.4 Å². The van der Waals surface area contributed by atoms with Gasteiger partial charge in [-0.25, -0.2) is 0 Å². The van der Waals surface area contributed by atoms with Crippen LogP contribution in [0.3, 0.4) is 0 Å². The van der Waals surface area contributed by atoms with Crippen LogP contribution in [-0.2, 0) is 85.6 Å². The molecule has 1 fully saturated rings. The van der Waals surface area contributed by atoms with Crippen LogP contribution in [0.25, 0.3) is 0 Å². The topological polar surface area (TPSA) is 233 Å². The van der Waals surface area contributed by atoms with E-state index in [2.05, 4.69) is 0 Å². The molecule has 0 bridgehead atoms. The molecule has 0 aliphatic carbocycles. The maximum absolute atomic E-state index is 14.3. The van der Waals surface area contributed by atoms with Crippen molar-refractivity contribution in [2.24, 2.45) is 0 Å². The van der Waals surface area contributed by atoms with Crippen LogP contribution in [0.2, 0.25) is 0 Å². The van der Waals surface area contributed by atoms with Gasteiger partial charge < -0.3 is 86.2 Å². The summed E-state index contributed by atoms with van der Waals surface area (Å²) in [6.45, 7) is -0.116. The third-order valence-corrected chi connectivity index (χ3v) is 9.70. The molecule has 66 heavy (non-hydrogen) atoms. The molecule has 1 aliphatic rings. The van der Waals surface area contributed by atoms with Gasteiger partial charge in [-0.3, -0.25) is 28.8 Å². The van der Waals surface area contributed by atoms with E-state index in [1.807, 2.05) is 0 Å². The van der Waals surface area contributed by atoms with Crippen molar-refractivity contribution in [1.82, 2.24) is 29.4 Å². The summed E-state index contributed by atoms with van der Waals surface area (Å²) in [6.07, 6.45) is 0. The molecule has 0 saturated carbocycles. The fourth-order valence-corrected chi connectivity index (χ4v) is 5.85. The Morgan fingerprint density at radius 1 is 0.242 bits per heavy atom. The molecule has 6 amide bonds. The van der Waals surface area contributed by atoms with Gasteiger partial charge >= 0.3 is 0 Å². The van der Waals surface area contributed by atoms with Crippen molar-refractivity contribution in [2.45, 2.75) is 0 Å². The van der Waals surface area contributed by atoms with Gasteiger partial charge in [0.1, 0.15) is 0 Å². The third-order valence-electron chi connectivity index (χ3n) is 9.70. The lowest BCUT2D eigenvalue weighted by Crippen LogP contribution is -2.55. The van der Waals surface area contributed by atoms with Gasteiger partial charge in [0.05, 0.1) is 158 Å². The van der Waals surface area contributed by atoms with Crippen LogP contribution in [0.1, 0.15) is 0 Å². The minimum absolute atomic E-state index is 0.0216. The van der Waals surface area contributed by atoms with Gasteiger partial charge in [0.2, 0.25) is 35.4 Å². The summed E-state index contributed by atoms with van der Waals surface area (Å²) in [4.78, 5) is 93.2. The molecule has 0 N–H and O–H groups in total. The van der Waals surface area contributed by atoms with Crippen molar-refractivity contribution in [3.05, 3.63) is 0 Å². The van der Waals surface area contributed by atoms with Crippen molar-refractivity contribution in [2.75, 3.05) is 240 Å². The summed E-state index contributed by atoms with van der Waals surface area (Å²) >= 11 is 0. The van der Waals surface area contributed by atoms with E-state index < -0.39 is 74.7 Å². The van der Waals surface area contributed by atoms with Gasteiger partial charge in [-0.1, -0.05) is 0 Å². The molecule has 1 aliphatic heterocycles. The Bertz CT molecular complexity index is 1070. The van der Waals surface area contributed by atoms with Gasteiger partial charge in [0.15, 0.2) is 0 Å². The minimum atomic E-state index is -0.603. The van der Waals surface area contributed by atoms with E-state index in [0.717, 1.165) is 0 Å². The molecule has 0 radical (unpaired) electrons. The fraction of sp³-hybridized carbons (Fsp3) is 0.857. The quantitative estimate of drug-likeness (QED) is 0.0568. The highest BCUT2D eigenvalue weighted by Crippen LogP contribution is 2.07. The number of rotatable bonds is 36. The molecule has 0 unspecified atom stereocenters. The lowest BCUT2D eigenvalue weighted by Gasteiger charge is -2.33. The molecule has 1 saturated heterocycles. The number of carbonyl (C=O) groups excluding carboxylic acids is 6. The highest BCUT2D eigenvalue weighted by Gasteiger charge is 2.31. The standard InChI is InChI=1S/C42H78N6O18/c1-55-19-25-61-13-7-43-31-38(50)45(9-15-63-27-21-57-3)33-40(52)47(11-17-65-29-23-59-5)35-42(54)48(12-18-66-30-24-60-6)36-41(53)46(10-16-64-28-22-58-4)34-39(51)44(32-37(43)49)8-14-62-26-20-56-2/h7-36H2,1-6H3. The highest BCUT2D eigenvalue weighted by atomic mass is 16.5. The van der Waals surface area contributed by atoms with Crippen LogP contribution in [0.4, 0.5) is 0 Å². The van der Waals surface area contributed by atoms with Crippen LogP contribution < -0.4 is 0 Å². The van der Waals surface area contributed by atoms with Gasteiger partial charge in [-0.2, -0.15) is 0 Å². The molecule has 0 aromatic heterocycles. The molecule has 24 nitrogen and oxygen atoms in total. The molecule has 0 spiro atoms. The number of hydrogen-bond donors (Lipinski definition) is 0. The normalized spacial score (nSPS) is 15.7. The Morgan fingerprint density at radius 3 is 0.500 bits per heavy atom. The Hall–Kier alpha value is -3.66. The van der Waals surface area contributed by atoms with Crippen molar-refractivity contribution < 1.29 is 85.6 Å². The van der Waals surface area contributed by atoms with Crippen LogP contribution in [0.15, 0.2) is 0 Å². The van der Waals surface area contributed by atoms with Crippen LogP contribution in [0, 0.1) is 0 Å². The van der Waals surface area contributed by atoms with E-state index >= 15 is 0 Å². The molecular formula is C42H78N6O18. The first kappa shape index (κ1) is 60.4. The molecule has 384 valence electrons. The van der Waals surface area contributed by atoms with Gasteiger partial charge in [0.25, 0.3) is 0 Å². The number of hydrogen-bond acceptors (Lipinski definition) is 18. The zero-order chi connectivity index (χ0) is 48.6. The van der Waals surface area contributed by atoms with Crippen molar-refractivity contribution in [3.8, 4) is 0 Å². The van der Waals surface area contributed by atoms with E-state index in [9.17, 15) is 28.8 Å². The lowest BCUT2D eigenvalue weighted by atomic mass is 10.3. The Labute approximate surface area is 390 Å². The van der Waals surface area contributed by atoms with Gasteiger partial charge in [-0.15, -0.1) is 0 Å². The molecule has 1 heterocycles. The fourth-order valence-electron chi connectivity index (χ4n) is 5.85. The first-order chi connectivity index (χ1) is 32.1. The summed E-state index contributed by atoms with van der Waals surface area (Å²) in [5.74, 6) is -3.62. The second kappa shape index (κ2) is 40.4. The summed E-state index contributed by atoms with van der Waals surface area (Å²) in [5, 5.41) is 0. The van der Waals surface area contributed by atoms with E-state index in [1.165, 1.54) is 72.1 Å². The van der Waals surface area contributed by atoms with Crippen molar-refractivity contribution in [1.29, 1.82) is 0 Å². The van der Waals surface area contributed by atoms with Gasteiger partial charge in [0, 0.05) is 81.9 Å². The summed E-state index contributed by atoms with van der Waals surface area (Å²) in [5.41, 5.74) is 0. The Balaban J connectivity index is 3.84. The molecule has 1 rings (SSSR count). The average molecular weight is 955 g/mol. The number of carbonyl (C=O) groups is 6. The Kier molecular flexibility index (Phi) is 37.0. The first-order valence-corrected chi connectivity index (χ1v) is 22.1. The lowest BCUT2D eigenvalue weighted by molar-refractivity contribution is -0.151. The molecule has 0 atom stereocenters. The van der Waals surface area contributed by atoms with Crippen molar-refractivity contribution in [3.63, 3.8) is 0 Å². The predicted molar refractivity (Wildman–Crippen MR) is 236 cm³/mol. The Morgan fingerprint density at radius 2 is 0.379 bits per heavy atom. The minimum Gasteiger partial charge on any atom is -0.382 e. The second-order valence-corrected chi connectivity index (χ2v) is 14.5. The second-order valence-electron chi connectivity index (χ2n) is 14.5. The monoisotopic (exact) mass is 955 g/mol. The number of methoxy groups -OCH3 is 6. The van der Waals surface area contributed by atoms with Crippen LogP contribution in [0.5, 0.6) is 0 Å². The van der Waals surface area contributed by atoms with E-state index in [-0.39, 0.29) is 119 Å². The summed E-state index contributed by atoms with van der Waals surface area (Å²) < 4.78 is 64.4. The average Bonchev–Trinajstić information content (AvgIpc) is 3.30. The largest absolute Gasteiger partial charge is 0.382 e. The van der Waals surface area contributed by atoms with Crippen LogP contribution >= 0.6 is 0 Å². The summed E-state index contributed by atoms with van der Waals surface area (Å²) in [6, 6.07) is 0. The van der Waals surface area contributed by atoms with E-state index in [4.69, 9.17) is 56.8 Å². The smallest absolute Gasteiger partial charge is 0.242 e. The van der Waals surface area contributed by atoms with E-state index in [1.54, 1.807) is 0 Å². The molecule has 0 aromatic rings. The maximum atomic E-state index is 14.3. The highest BCUT2D eigenvalue weighted by molar-refractivity contribution is 5.93. The number of amides is 6. The molecule has 0 aromatic carbocycles. The number of nitrogens with zero attached hydrogens (tertiary/aromatic N) is 6. The SMILES string of the molecule is COCCOCCN1CC(=O)N(CCOCCOC)CC(=O)N(CCOCCOC)CC(=O)N(CCOCCOC)CC(=O)N(CCOCCOC)CC(=O)N(CCOCCOC)CC1=O.